The van der Waals surface area contributed by atoms with Gasteiger partial charge in [-0.15, -0.1) is 0 Å². The van der Waals surface area contributed by atoms with E-state index in [9.17, 15) is 0 Å². The Bertz CT molecular complexity index is 25.9. The highest BCUT2D eigenvalue weighted by atomic mass is 16.2. The number of hydrogen-bond acceptors (Lipinski definition) is 1. The molecule has 0 aliphatic carbocycles. The molecule has 0 aromatic heterocycles. The molecule has 0 bridgehead atoms. The molecule has 0 aliphatic rings. The number of hydrogen-bond donors (Lipinski definition) is 1. The molecule has 1 heteroatoms. The molecular formula is C9H24O. The number of rotatable bonds is 2. The van der Waals surface area contributed by atoms with Crippen LogP contribution < -0.4 is 0 Å². The zero-order valence-electron chi connectivity index (χ0n) is 8.44. The summed E-state index contributed by atoms with van der Waals surface area (Å²) >= 11 is 0. The largest absolute Gasteiger partial charge is 0.396 e. The van der Waals surface area contributed by atoms with E-state index in [0.717, 1.165) is 6.42 Å². The lowest BCUT2D eigenvalue weighted by molar-refractivity contribution is 0.268. The summed E-state index contributed by atoms with van der Waals surface area (Å²) < 4.78 is 0. The predicted molar refractivity (Wildman–Crippen MR) is 49.2 cm³/mol. The van der Waals surface area contributed by atoms with E-state index in [1.807, 2.05) is 27.7 Å². The first-order valence-corrected chi connectivity index (χ1v) is 4.38. The molecule has 0 unspecified atom stereocenters. The third-order valence-electron chi connectivity index (χ3n) is 0.706. The van der Waals surface area contributed by atoms with Crippen molar-refractivity contribution in [1.29, 1.82) is 0 Å². The second-order valence-electron chi connectivity index (χ2n) is 1.91. The minimum Gasteiger partial charge on any atom is -0.396 e. The van der Waals surface area contributed by atoms with E-state index in [0.29, 0.717) is 12.5 Å². The summed E-state index contributed by atoms with van der Waals surface area (Å²) in [5, 5.41) is 8.24. The quantitative estimate of drug-likeness (QED) is 0.638. The van der Waals surface area contributed by atoms with E-state index in [4.69, 9.17) is 5.11 Å². The lowest BCUT2D eigenvalue weighted by Gasteiger charge is -1.95. The Labute approximate surface area is 66.5 Å². The molecule has 0 radical (unpaired) electrons. The zero-order valence-corrected chi connectivity index (χ0v) is 8.44. The summed E-state index contributed by atoms with van der Waals surface area (Å²) in [6, 6.07) is 0. The standard InChI is InChI=1S/C5H12O.2C2H6/c1-5(2)3-4-6;2*1-2/h5-6H,3-4H2,1-2H3;2*1-2H3. The van der Waals surface area contributed by atoms with Crippen molar-refractivity contribution in [2.45, 2.75) is 48.0 Å². The third kappa shape index (κ3) is 44.0. The van der Waals surface area contributed by atoms with Gasteiger partial charge in [0.15, 0.2) is 0 Å². The second-order valence-corrected chi connectivity index (χ2v) is 1.91. The highest BCUT2D eigenvalue weighted by Crippen LogP contribution is 1.94. The SMILES string of the molecule is CC.CC.CC(C)CCO. The molecule has 10 heavy (non-hydrogen) atoms. The molecule has 1 N–H and O–H groups in total. The van der Waals surface area contributed by atoms with Crippen molar-refractivity contribution in [2.24, 2.45) is 5.92 Å². The van der Waals surface area contributed by atoms with Crippen LogP contribution in [0, 0.1) is 5.92 Å². The zero-order chi connectivity index (χ0) is 8.99. The molecule has 0 amide bonds. The Hall–Kier alpha value is -0.0400. The molecular weight excluding hydrogens is 124 g/mol. The van der Waals surface area contributed by atoms with Crippen LogP contribution in [0.4, 0.5) is 0 Å². The average Bonchev–Trinajstić information content (AvgIpc) is 1.96. The minimum atomic E-state index is 0.331. The summed E-state index contributed by atoms with van der Waals surface area (Å²) in [7, 11) is 0. The fraction of sp³-hybridized carbons (Fsp3) is 1.00. The van der Waals surface area contributed by atoms with E-state index < -0.39 is 0 Å². The van der Waals surface area contributed by atoms with Crippen LogP contribution in [-0.4, -0.2) is 11.7 Å². The monoisotopic (exact) mass is 148 g/mol. The van der Waals surface area contributed by atoms with Crippen molar-refractivity contribution < 1.29 is 5.11 Å². The van der Waals surface area contributed by atoms with Crippen molar-refractivity contribution in [3.8, 4) is 0 Å². The molecule has 0 aromatic carbocycles. The van der Waals surface area contributed by atoms with Crippen LogP contribution in [0.25, 0.3) is 0 Å². The van der Waals surface area contributed by atoms with E-state index >= 15 is 0 Å². The first kappa shape index (κ1) is 16.5. The molecule has 0 rings (SSSR count). The summed E-state index contributed by atoms with van der Waals surface area (Å²) in [5.74, 6) is 0.648. The predicted octanol–water partition coefficient (Wildman–Crippen LogP) is 3.08. The van der Waals surface area contributed by atoms with Gasteiger partial charge in [-0.1, -0.05) is 41.5 Å². The molecule has 0 aromatic rings. The van der Waals surface area contributed by atoms with Gasteiger partial charge in [0, 0.05) is 6.61 Å². The first-order chi connectivity index (χ1) is 4.77. The maximum absolute atomic E-state index is 8.24. The van der Waals surface area contributed by atoms with Gasteiger partial charge in [0.05, 0.1) is 0 Å². The van der Waals surface area contributed by atoms with Gasteiger partial charge in [-0.3, -0.25) is 0 Å². The molecule has 0 heterocycles. The van der Waals surface area contributed by atoms with Gasteiger partial charge in [-0.05, 0) is 12.3 Å². The van der Waals surface area contributed by atoms with Crippen LogP contribution in [0.5, 0.6) is 0 Å². The van der Waals surface area contributed by atoms with Crippen LogP contribution in [0.2, 0.25) is 0 Å². The fourth-order valence-electron chi connectivity index (χ4n) is 0.258. The van der Waals surface area contributed by atoms with Crippen molar-refractivity contribution in [2.75, 3.05) is 6.61 Å². The number of aliphatic hydroxyl groups excluding tert-OH is 1. The Morgan fingerprint density at radius 1 is 1.00 bits per heavy atom. The Balaban J connectivity index is -0.000000105. The van der Waals surface area contributed by atoms with Gasteiger partial charge in [-0.25, -0.2) is 0 Å². The van der Waals surface area contributed by atoms with Gasteiger partial charge < -0.3 is 5.11 Å². The first-order valence-electron chi connectivity index (χ1n) is 4.38. The van der Waals surface area contributed by atoms with Gasteiger partial charge in [0.25, 0.3) is 0 Å². The van der Waals surface area contributed by atoms with Crippen LogP contribution >= 0.6 is 0 Å². The number of aliphatic hydroxyl groups is 1. The van der Waals surface area contributed by atoms with Crippen molar-refractivity contribution >= 4 is 0 Å². The summed E-state index contributed by atoms with van der Waals surface area (Å²) in [5.41, 5.74) is 0. The molecule has 1 nitrogen and oxygen atoms in total. The van der Waals surface area contributed by atoms with Gasteiger partial charge in [0.1, 0.15) is 0 Å². The highest BCUT2D eigenvalue weighted by molar-refractivity contribution is 4.38. The molecule has 0 aliphatic heterocycles. The van der Waals surface area contributed by atoms with E-state index in [2.05, 4.69) is 13.8 Å². The summed E-state index contributed by atoms with van der Waals surface area (Å²) in [6.45, 7) is 12.5. The Morgan fingerprint density at radius 2 is 1.30 bits per heavy atom. The molecule has 0 saturated heterocycles. The minimum absolute atomic E-state index is 0.331. The van der Waals surface area contributed by atoms with Crippen molar-refractivity contribution in [1.82, 2.24) is 0 Å². The normalized spacial score (nSPS) is 7.20. The summed E-state index contributed by atoms with van der Waals surface area (Å²) in [4.78, 5) is 0. The van der Waals surface area contributed by atoms with E-state index in [1.54, 1.807) is 0 Å². The molecule has 0 saturated carbocycles. The maximum Gasteiger partial charge on any atom is 0.0433 e. The van der Waals surface area contributed by atoms with Crippen LogP contribution in [0.3, 0.4) is 0 Å². The van der Waals surface area contributed by atoms with Gasteiger partial charge in [-0.2, -0.15) is 0 Å². The van der Waals surface area contributed by atoms with Crippen LogP contribution in [-0.2, 0) is 0 Å². The lowest BCUT2D eigenvalue weighted by Crippen LogP contribution is -1.89. The average molecular weight is 148 g/mol. The maximum atomic E-state index is 8.24. The molecule has 0 atom stereocenters. The Kier molecular flexibility index (Phi) is 38.1. The van der Waals surface area contributed by atoms with Crippen LogP contribution in [0.1, 0.15) is 48.0 Å². The molecule has 66 valence electrons. The second kappa shape index (κ2) is 23.1. The highest BCUT2D eigenvalue weighted by Gasteiger charge is 1.86. The lowest BCUT2D eigenvalue weighted by atomic mass is 10.2. The van der Waals surface area contributed by atoms with Gasteiger partial charge in [0.2, 0.25) is 0 Å². The third-order valence-corrected chi connectivity index (χ3v) is 0.706. The summed E-state index contributed by atoms with van der Waals surface area (Å²) in [6.07, 6.45) is 0.931. The molecule has 0 spiro atoms. The van der Waals surface area contributed by atoms with Gasteiger partial charge >= 0.3 is 0 Å². The van der Waals surface area contributed by atoms with E-state index in [-0.39, 0.29) is 0 Å². The molecule has 0 fully saturated rings. The smallest absolute Gasteiger partial charge is 0.0433 e. The van der Waals surface area contributed by atoms with Crippen LogP contribution in [0.15, 0.2) is 0 Å². The van der Waals surface area contributed by atoms with Crippen molar-refractivity contribution in [3.63, 3.8) is 0 Å². The Morgan fingerprint density at radius 3 is 1.30 bits per heavy atom. The topological polar surface area (TPSA) is 20.2 Å². The fourth-order valence-corrected chi connectivity index (χ4v) is 0.258. The van der Waals surface area contributed by atoms with E-state index in [1.165, 1.54) is 0 Å². The van der Waals surface area contributed by atoms with Crippen molar-refractivity contribution in [3.05, 3.63) is 0 Å².